The van der Waals surface area contributed by atoms with Crippen molar-refractivity contribution in [3.8, 4) is 0 Å². The number of nitrogens with zero attached hydrogens (tertiary/aromatic N) is 1. The quantitative estimate of drug-likeness (QED) is 0.652. The van der Waals surface area contributed by atoms with Crippen LogP contribution in [0.25, 0.3) is 0 Å². The van der Waals surface area contributed by atoms with Crippen LogP contribution in [0.5, 0.6) is 0 Å². The molecule has 2 heterocycles. The van der Waals surface area contributed by atoms with E-state index in [0.29, 0.717) is 0 Å². The van der Waals surface area contributed by atoms with Crippen molar-refractivity contribution in [2.75, 3.05) is 5.32 Å². The van der Waals surface area contributed by atoms with Crippen LogP contribution in [0.4, 0.5) is 5.69 Å². The molecule has 0 aliphatic carbocycles. The van der Waals surface area contributed by atoms with E-state index in [-0.39, 0.29) is 5.91 Å². The monoisotopic (exact) mass is 345 g/mol. The lowest BCUT2D eigenvalue weighted by Gasteiger charge is -2.28. The van der Waals surface area contributed by atoms with Gasteiger partial charge in [-0.3, -0.25) is 4.79 Å². The summed E-state index contributed by atoms with van der Waals surface area (Å²) in [6, 6.07) is 18.2. The van der Waals surface area contributed by atoms with Crippen molar-refractivity contribution < 1.29 is 4.79 Å². The number of fused-ring (bicyclic) bond motifs is 1. The molecule has 2 N–H and O–H groups in total. The number of benzene rings is 2. The van der Waals surface area contributed by atoms with Crippen LogP contribution < -0.4 is 5.32 Å². The number of para-hydroxylation sites is 1. The summed E-state index contributed by atoms with van der Waals surface area (Å²) in [5, 5.41) is 3.09. The highest BCUT2D eigenvalue weighted by Gasteiger charge is 2.47. The maximum atomic E-state index is 13.1. The highest BCUT2D eigenvalue weighted by molar-refractivity contribution is 6.08. The van der Waals surface area contributed by atoms with Gasteiger partial charge < -0.3 is 10.3 Å². The van der Waals surface area contributed by atoms with E-state index in [2.05, 4.69) is 33.5 Å². The molecule has 0 fully saturated rings. The summed E-state index contributed by atoms with van der Waals surface area (Å²) >= 11 is 0. The zero-order valence-corrected chi connectivity index (χ0v) is 15.0. The molecule has 132 valence electrons. The molecule has 1 amide bonds. The molecule has 1 aliphatic rings. The van der Waals surface area contributed by atoms with Crippen LogP contribution in [-0.4, -0.2) is 15.9 Å². The molecule has 2 aromatic carbocycles. The second-order valence-electron chi connectivity index (χ2n) is 6.97. The summed E-state index contributed by atoms with van der Waals surface area (Å²) in [6.07, 6.45) is 5.64. The molecule has 1 atom stereocenters. The number of carbonyl (C=O) groups excluding carboxylic acids is 1. The smallest absolute Gasteiger partial charge is 0.239 e. The number of aromatic nitrogens is 2. The molecule has 26 heavy (non-hydrogen) atoms. The average Bonchev–Trinajstić information content (AvgIpc) is 3.20. The zero-order valence-electron chi connectivity index (χ0n) is 15.0. The van der Waals surface area contributed by atoms with Crippen LogP contribution in [0.2, 0.25) is 0 Å². The number of amides is 1. The fraction of sp³-hybridized carbons (Fsp3) is 0.273. The van der Waals surface area contributed by atoms with Gasteiger partial charge in [0.25, 0.3) is 0 Å². The van der Waals surface area contributed by atoms with Crippen LogP contribution >= 0.6 is 0 Å². The van der Waals surface area contributed by atoms with E-state index in [1.807, 2.05) is 49.5 Å². The van der Waals surface area contributed by atoms with Gasteiger partial charge in [-0.1, -0.05) is 55.0 Å². The van der Waals surface area contributed by atoms with Crippen molar-refractivity contribution in [1.29, 1.82) is 0 Å². The Hall–Kier alpha value is -2.88. The molecule has 0 radical (unpaired) electrons. The Morgan fingerprint density at radius 2 is 1.77 bits per heavy atom. The number of carbonyl (C=O) groups is 1. The molecule has 0 bridgehead atoms. The van der Waals surface area contributed by atoms with E-state index in [1.165, 1.54) is 0 Å². The number of unbranched alkanes of at least 4 members (excludes halogenated alkanes) is 1. The Labute approximate surface area is 153 Å². The van der Waals surface area contributed by atoms with E-state index >= 15 is 0 Å². The van der Waals surface area contributed by atoms with Crippen molar-refractivity contribution in [3.05, 3.63) is 83.4 Å². The molecule has 0 spiro atoms. The normalized spacial score (nSPS) is 18.6. The third kappa shape index (κ3) is 2.81. The molecule has 3 aromatic rings. The Morgan fingerprint density at radius 3 is 2.54 bits per heavy atom. The van der Waals surface area contributed by atoms with Crippen LogP contribution in [0, 0.1) is 6.92 Å². The number of aromatic amines is 1. The van der Waals surface area contributed by atoms with E-state index in [9.17, 15) is 4.79 Å². The van der Waals surface area contributed by atoms with Gasteiger partial charge in [0.2, 0.25) is 5.91 Å². The molecule has 1 aromatic heterocycles. The fourth-order valence-corrected chi connectivity index (χ4v) is 4.02. The lowest BCUT2D eigenvalue weighted by Crippen LogP contribution is -2.35. The maximum absolute atomic E-state index is 13.1. The number of hydrogen-bond acceptors (Lipinski definition) is 2. The minimum absolute atomic E-state index is 0.0854. The first-order chi connectivity index (χ1) is 12.7. The van der Waals surface area contributed by atoms with Gasteiger partial charge in [-0.15, -0.1) is 0 Å². The summed E-state index contributed by atoms with van der Waals surface area (Å²) in [5.74, 6) is 1.03. The third-order valence-corrected chi connectivity index (χ3v) is 5.29. The predicted octanol–water partition coefficient (Wildman–Crippen LogP) is 4.37. The van der Waals surface area contributed by atoms with Gasteiger partial charge in [0, 0.05) is 17.6 Å². The molecular formula is C22H23N3O. The second kappa shape index (κ2) is 6.79. The van der Waals surface area contributed by atoms with Crippen molar-refractivity contribution in [2.45, 2.75) is 38.0 Å². The number of nitrogens with one attached hydrogen (secondary N) is 2. The number of aryl methyl sites for hydroxylation is 2. The van der Waals surface area contributed by atoms with Gasteiger partial charge in [-0.25, -0.2) is 4.98 Å². The summed E-state index contributed by atoms with van der Waals surface area (Å²) in [7, 11) is 0. The van der Waals surface area contributed by atoms with Gasteiger partial charge in [-0.2, -0.15) is 0 Å². The molecule has 0 saturated heterocycles. The van der Waals surface area contributed by atoms with Crippen molar-refractivity contribution in [2.24, 2.45) is 0 Å². The molecule has 0 saturated carbocycles. The number of imidazole rings is 1. The van der Waals surface area contributed by atoms with Crippen LogP contribution in [0.3, 0.4) is 0 Å². The summed E-state index contributed by atoms with van der Waals surface area (Å²) in [6.45, 7) is 1.97. The largest absolute Gasteiger partial charge is 0.346 e. The van der Waals surface area contributed by atoms with Gasteiger partial charge in [0.15, 0.2) is 0 Å². The fourth-order valence-electron chi connectivity index (χ4n) is 4.02. The van der Waals surface area contributed by atoms with Gasteiger partial charge in [0.1, 0.15) is 11.2 Å². The number of hydrogen-bond donors (Lipinski definition) is 2. The van der Waals surface area contributed by atoms with E-state index in [4.69, 9.17) is 0 Å². The Bertz CT molecular complexity index is 916. The number of H-pyrrole nitrogens is 1. The van der Waals surface area contributed by atoms with Gasteiger partial charge in [0.05, 0.1) is 0 Å². The number of anilines is 1. The second-order valence-corrected chi connectivity index (χ2v) is 6.97. The van der Waals surface area contributed by atoms with Gasteiger partial charge in [-0.05, 0) is 43.4 Å². The highest BCUT2D eigenvalue weighted by atomic mass is 16.2. The first-order valence-corrected chi connectivity index (χ1v) is 9.17. The summed E-state index contributed by atoms with van der Waals surface area (Å²) in [5.41, 5.74) is 3.66. The lowest BCUT2D eigenvalue weighted by molar-refractivity contribution is -0.119. The Balaban J connectivity index is 1.59. The topological polar surface area (TPSA) is 57.8 Å². The summed E-state index contributed by atoms with van der Waals surface area (Å²) < 4.78 is 0. The molecule has 4 heteroatoms. The Kier molecular flexibility index (Phi) is 4.33. The van der Waals surface area contributed by atoms with Gasteiger partial charge >= 0.3 is 0 Å². The molecule has 4 nitrogen and oxygen atoms in total. The maximum Gasteiger partial charge on any atom is 0.239 e. The SMILES string of the molecule is Cc1ncc(CCCCC2(c3ccccc3)C(=O)Nc3ccccc32)[nH]1. The third-order valence-electron chi connectivity index (χ3n) is 5.29. The van der Waals surface area contributed by atoms with E-state index in [0.717, 1.165) is 54.0 Å². The lowest BCUT2D eigenvalue weighted by atomic mass is 9.72. The van der Waals surface area contributed by atoms with E-state index in [1.54, 1.807) is 0 Å². The molecule has 4 rings (SSSR count). The molecule has 1 aliphatic heterocycles. The van der Waals surface area contributed by atoms with E-state index < -0.39 is 5.41 Å². The van der Waals surface area contributed by atoms with Crippen molar-refractivity contribution in [1.82, 2.24) is 9.97 Å². The van der Waals surface area contributed by atoms with Crippen molar-refractivity contribution >= 4 is 11.6 Å². The Morgan fingerprint density at radius 1 is 1.00 bits per heavy atom. The zero-order chi connectivity index (χ0) is 18.0. The standard InChI is InChI=1S/C22H23N3O/c1-16-23-15-18(24-16)11-7-8-14-22(17-9-3-2-4-10-17)19-12-5-6-13-20(19)25-21(22)26/h2-6,9-10,12-13,15H,7-8,11,14H2,1H3,(H,23,24)(H,25,26). The average molecular weight is 345 g/mol. The minimum Gasteiger partial charge on any atom is -0.346 e. The van der Waals surface area contributed by atoms with Crippen LogP contribution in [-0.2, 0) is 16.6 Å². The first kappa shape index (κ1) is 16.6. The highest BCUT2D eigenvalue weighted by Crippen LogP contribution is 2.46. The van der Waals surface area contributed by atoms with Crippen LogP contribution in [0.15, 0.2) is 60.8 Å². The molecule has 1 unspecified atom stereocenters. The number of rotatable bonds is 6. The van der Waals surface area contributed by atoms with Crippen LogP contribution in [0.1, 0.15) is 41.9 Å². The first-order valence-electron chi connectivity index (χ1n) is 9.17. The predicted molar refractivity (Wildman–Crippen MR) is 103 cm³/mol. The van der Waals surface area contributed by atoms with Crippen molar-refractivity contribution in [3.63, 3.8) is 0 Å². The minimum atomic E-state index is -0.595. The molecular weight excluding hydrogens is 322 g/mol. The summed E-state index contributed by atoms with van der Waals surface area (Å²) in [4.78, 5) is 20.6.